The van der Waals surface area contributed by atoms with Crippen LogP contribution in [0.2, 0.25) is 0 Å². The smallest absolute Gasteiger partial charge is 0.256 e. The molecule has 0 fully saturated rings. The van der Waals surface area contributed by atoms with E-state index in [1.807, 2.05) is 7.05 Å². The van der Waals surface area contributed by atoms with Crippen LogP contribution < -0.4 is 0 Å². The molecule has 3 nitrogen and oxygen atoms in total. The maximum Gasteiger partial charge on any atom is 0.256 e. The van der Waals surface area contributed by atoms with Gasteiger partial charge < -0.3 is 9.32 Å². The van der Waals surface area contributed by atoms with Gasteiger partial charge in [-0.2, -0.15) is 0 Å². The monoisotopic (exact) mass is 273 g/mol. The Kier molecular flexibility index (Phi) is 5.47. The van der Waals surface area contributed by atoms with Gasteiger partial charge in [-0.15, -0.1) is 0 Å². The van der Waals surface area contributed by atoms with Gasteiger partial charge in [-0.1, -0.05) is 22.4 Å². The van der Waals surface area contributed by atoms with Crippen LogP contribution in [0.15, 0.2) is 23.0 Å². The molecule has 0 saturated carbocycles. The van der Waals surface area contributed by atoms with E-state index in [2.05, 4.69) is 15.9 Å². The zero-order valence-corrected chi connectivity index (χ0v) is 10.5. The second-order valence-electron chi connectivity index (χ2n) is 3.49. The molecule has 0 saturated heterocycles. The van der Waals surface area contributed by atoms with Gasteiger partial charge in [-0.25, -0.2) is 0 Å². The molecule has 0 radical (unpaired) electrons. The van der Waals surface area contributed by atoms with E-state index in [9.17, 15) is 4.79 Å². The molecule has 1 aromatic rings. The van der Waals surface area contributed by atoms with E-state index in [-0.39, 0.29) is 5.91 Å². The Morgan fingerprint density at radius 3 is 2.87 bits per heavy atom. The Hall–Kier alpha value is -0.770. The molecule has 0 aliphatic carbocycles. The van der Waals surface area contributed by atoms with Crippen LogP contribution in [-0.2, 0) is 0 Å². The number of furan rings is 1. The molecule has 0 bridgehead atoms. The lowest BCUT2D eigenvalue weighted by atomic mass is 10.2. The third kappa shape index (κ3) is 4.08. The average molecular weight is 274 g/mol. The van der Waals surface area contributed by atoms with E-state index in [1.165, 1.54) is 12.5 Å². The van der Waals surface area contributed by atoms with E-state index in [4.69, 9.17) is 4.42 Å². The number of carbonyl (C=O) groups excluding carboxylic acids is 1. The first-order valence-electron chi connectivity index (χ1n) is 5.09. The molecule has 0 unspecified atom stereocenters. The molecule has 0 aromatic carbocycles. The van der Waals surface area contributed by atoms with Crippen LogP contribution in [-0.4, -0.2) is 29.7 Å². The summed E-state index contributed by atoms with van der Waals surface area (Å²) in [6.07, 6.45) is 6.36. The van der Waals surface area contributed by atoms with Crippen LogP contribution in [0.5, 0.6) is 0 Å². The van der Waals surface area contributed by atoms with Gasteiger partial charge in [0, 0.05) is 18.9 Å². The second-order valence-corrected chi connectivity index (χ2v) is 4.28. The number of hydrogen-bond acceptors (Lipinski definition) is 2. The largest absolute Gasteiger partial charge is 0.472 e. The molecular weight excluding hydrogens is 258 g/mol. The number of hydrogen-bond donors (Lipinski definition) is 0. The van der Waals surface area contributed by atoms with Crippen molar-refractivity contribution in [3.05, 3.63) is 24.2 Å². The van der Waals surface area contributed by atoms with Gasteiger partial charge in [0.2, 0.25) is 0 Å². The van der Waals surface area contributed by atoms with Gasteiger partial charge in [-0.05, 0) is 18.9 Å². The molecule has 1 amide bonds. The zero-order chi connectivity index (χ0) is 11.1. The Morgan fingerprint density at radius 2 is 2.27 bits per heavy atom. The minimum atomic E-state index is 0.0302. The summed E-state index contributed by atoms with van der Waals surface area (Å²) in [5, 5.41) is 1.03. The molecule has 1 heterocycles. The first-order chi connectivity index (χ1) is 7.25. The quantitative estimate of drug-likeness (QED) is 0.590. The predicted octanol–water partition coefficient (Wildman–Crippen LogP) is 2.92. The molecule has 15 heavy (non-hydrogen) atoms. The van der Waals surface area contributed by atoms with Crippen molar-refractivity contribution >= 4 is 21.8 Å². The van der Waals surface area contributed by atoms with Crippen molar-refractivity contribution in [3.8, 4) is 0 Å². The molecule has 84 valence electrons. The van der Waals surface area contributed by atoms with E-state index >= 15 is 0 Å². The second kappa shape index (κ2) is 6.67. The summed E-state index contributed by atoms with van der Waals surface area (Å²) in [6.45, 7) is 0.803. The minimum Gasteiger partial charge on any atom is -0.472 e. The van der Waals surface area contributed by atoms with Gasteiger partial charge in [0.1, 0.15) is 6.26 Å². The fraction of sp³-hybridized carbons (Fsp3) is 0.545. The number of amides is 1. The average Bonchev–Trinajstić information content (AvgIpc) is 2.76. The lowest BCUT2D eigenvalue weighted by Gasteiger charge is -2.15. The summed E-state index contributed by atoms with van der Waals surface area (Å²) in [5.41, 5.74) is 0.623. The Labute approximate surface area is 98.6 Å². The van der Waals surface area contributed by atoms with Crippen molar-refractivity contribution < 1.29 is 9.21 Å². The fourth-order valence-corrected chi connectivity index (χ4v) is 1.72. The number of alkyl halides is 1. The molecule has 0 aliphatic rings. The first kappa shape index (κ1) is 12.3. The minimum absolute atomic E-state index is 0.0302. The zero-order valence-electron chi connectivity index (χ0n) is 8.91. The topological polar surface area (TPSA) is 33.5 Å². The third-order valence-electron chi connectivity index (χ3n) is 2.24. The van der Waals surface area contributed by atoms with Gasteiger partial charge in [0.05, 0.1) is 11.8 Å². The summed E-state index contributed by atoms with van der Waals surface area (Å²) < 4.78 is 4.88. The molecule has 0 N–H and O–H groups in total. The fourth-order valence-electron chi connectivity index (χ4n) is 1.33. The molecule has 0 aliphatic heterocycles. The van der Waals surface area contributed by atoms with Crippen LogP contribution in [0.25, 0.3) is 0 Å². The SMILES string of the molecule is CN(CCCCCBr)C(=O)c1ccoc1. The number of halogens is 1. The number of carbonyl (C=O) groups is 1. The number of unbranched alkanes of at least 4 members (excludes halogenated alkanes) is 2. The lowest BCUT2D eigenvalue weighted by molar-refractivity contribution is 0.0792. The van der Waals surface area contributed by atoms with E-state index in [0.717, 1.165) is 31.1 Å². The Bertz CT molecular complexity index is 285. The van der Waals surface area contributed by atoms with Crippen LogP contribution in [0, 0.1) is 0 Å². The van der Waals surface area contributed by atoms with E-state index in [1.54, 1.807) is 11.0 Å². The highest BCUT2D eigenvalue weighted by molar-refractivity contribution is 9.09. The van der Waals surface area contributed by atoms with Gasteiger partial charge in [0.15, 0.2) is 0 Å². The standard InChI is InChI=1S/C11H16BrNO2/c1-13(7-4-2-3-6-12)11(14)10-5-8-15-9-10/h5,8-9H,2-4,6-7H2,1H3. The summed E-state index contributed by atoms with van der Waals surface area (Å²) >= 11 is 3.38. The highest BCUT2D eigenvalue weighted by Gasteiger charge is 2.11. The lowest BCUT2D eigenvalue weighted by Crippen LogP contribution is -2.27. The van der Waals surface area contributed by atoms with Crippen molar-refractivity contribution in [2.45, 2.75) is 19.3 Å². The maximum atomic E-state index is 11.7. The van der Waals surface area contributed by atoms with Gasteiger partial charge >= 0.3 is 0 Å². The molecule has 0 spiro atoms. The third-order valence-corrected chi connectivity index (χ3v) is 2.80. The van der Waals surface area contributed by atoms with Crippen LogP contribution in [0.3, 0.4) is 0 Å². The van der Waals surface area contributed by atoms with Gasteiger partial charge in [0.25, 0.3) is 5.91 Å². The highest BCUT2D eigenvalue weighted by Crippen LogP contribution is 2.06. The van der Waals surface area contributed by atoms with Crippen molar-refractivity contribution in [2.24, 2.45) is 0 Å². The summed E-state index contributed by atoms with van der Waals surface area (Å²) in [7, 11) is 1.82. The molecule has 1 rings (SSSR count). The van der Waals surface area contributed by atoms with Crippen molar-refractivity contribution in [3.63, 3.8) is 0 Å². The molecule has 4 heteroatoms. The molecule has 1 aromatic heterocycles. The van der Waals surface area contributed by atoms with Gasteiger partial charge in [-0.3, -0.25) is 4.79 Å². The normalized spacial score (nSPS) is 10.3. The Balaban J connectivity index is 2.28. The first-order valence-corrected chi connectivity index (χ1v) is 6.21. The molecule has 0 atom stereocenters. The Morgan fingerprint density at radius 1 is 1.47 bits per heavy atom. The van der Waals surface area contributed by atoms with Crippen LogP contribution in [0.1, 0.15) is 29.6 Å². The predicted molar refractivity (Wildman–Crippen MR) is 63.3 cm³/mol. The maximum absolute atomic E-state index is 11.7. The summed E-state index contributed by atoms with van der Waals surface area (Å²) in [4.78, 5) is 13.5. The number of nitrogens with zero attached hydrogens (tertiary/aromatic N) is 1. The van der Waals surface area contributed by atoms with Crippen molar-refractivity contribution in [2.75, 3.05) is 18.9 Å². The number of rotatable bonds is 6. The van der Waals surface area contributed by atoms with E-state index in [0.29, 0.717) is 5.56 Å². The van der Waals surface area contributed by atoms with Crippen molar-refractivity contribution in [1.82, 2.24) is 4.90 Å². The van der Waals surface area contributed by atoms with E-state index < -0.39 is 0 Å². The van der Waals surface area contributed by atoms with Crippen LogP contribution >= 0.6 is 15.9 Å². The molecular formula is C11H16BrNO2. The van der Waals surface area contributed by atoms with Crippen molar-refractivity contribution in [1.29, 1.82) is 0 Å². The highest BCUT2D eigenvalue weighted by atomic mass is 79.9. The van der Waals surface area contributed by atoms with Crippen LogP contribution in [0.4, 0.5) is 0 Å². The summed E-state index contributed by atoms with van der Waals surface area (Å²) in [5.74, 6) is 0.0302. The summed E-state index contributed by atoms with van der Waals surface area (Å²) in [6, 6.07) is 1.69.